The minimum atomic E-state index is -0.358. The maximum Gasteiger partial charge on any atom is 0.314 e. The van der Waals surface area contributed by atoms with Crippen LogP contribution in [0.2, 0.25) is 0 Å². The van der Waals surface area contributed by atoms with Crippen LogP contribution in [0.4, 0.5) is 10.6 Å². The summed E-state index contributed by atoms with van der Waals surface area (Å²) in [5, 5.41) is 0. The van der Waals surface area contributed by atoms with Crippen molar-refractivity contribution in [2.24, 2.45) is 5.73 Å². The Labute approximate surface area is 114 Å². The zero-order valence-electron chi connectivity index (χ0n) is 10.5. The van der Waals surface area contributed by atoms with E-state index in [1.807, 2.05) is 13.8 Å². The van der Waals surface area contributed by atoms with Crippen LogP contribution < -0.4 is 10.6 Å². The number of anilines is 1. The highest BCUT2D eigenvalue weighted by Crippen LogP contribution is 2.27. The Morgan fingerprint density at radius 3 is 2.39 bits per heavy atom. The quantitative estimate of drug-likeness (QED) is 0.841. The fourth-order valence-corrected chi connectivity index (χ4v) is 2.46. The number of nitrogens with two attached hydrogens (primary N) is 1. The average molecular weight is 314 g/mol. The van der Waals surface area contributed by atoms with Crippen LogP contribution in [0.15, 0.2) is 4.47 Å². The van der Waals surface area contributed by atoms with E-state index in [0.717, 1.165) is 34.9 Å². The van der Waals surface area contributed by atoms with Crippen molar-refractivity contribution in [2.45, 2.75) is 13.8 Å². The third-order valence-corrected chi connectivity index (χ3v) is 3.93. The summed E-state index contributed by atoms with van der Waals surface area (Å²) in [5.74, 6) is 1.65. The van der Waals surface area contributed by atoms with E-state index in [0.29, 0.717) is 13.1 Å². The summed E-state index contributed by atoms with van der Waals surface area (Å²) in [5.41, 5.74) is 6.19. The highest BCUT2D eigenvalue weighted by atomic mass is 79.9. The summed E-state index contributed by atoms with van der Waals surface area (Å²) in [6.07, 6.45) is 0. The van der Waals surface area contributed by atoms with Crippen LogP contribution >= 0.6 is 15.9 Å². The number of piperazine rings is 1. The van der Waals surface area contributed by atoms with Gasteiger partial charge in [0.15, 0.2) is 0 Å². The smallest absolute Gasteiger partial charge is 0.314 e. The summed E-state index contributed by atoms with van der Waals surface area (Å²) in [6.45, 7) is 6.55. The van der Waals surface area contributed by atoms with Gasteiger partial charge in [-0.15, -0.1) is 0 Å². The van der Waals surface area contributed by atoms with Crippen molar-refractivity contribution in [3.8, 4) is 0 Å². The molecule has 7 heteroatoms. The van der Waals surface area contributed by atoms with E-state index in [1.165, 1.54) is 0 Å². The fourth-order valence-electron chi connectivity index (χ4n) is 2.03. The first kappa shape index (κ1) is 13.1. The number of nitrogens with zero attached hydrogens (tertiary/aromatic N) is 4. The summed E-state index contributed by atoms with van der Waals surface area (Å²) < 4.78 is 0.917. The van der Waals surface area contributed by atoms with Gasteiger partial charge in [-0.2, -0.15) is 0 Å². The Bertz CT molecular complexity index is 471. The topological polar surface area (TPSA) is 75.3 Å². The standard InChI is InChI=1S/C11H16BrN5O/c1-7-9(12)10(15-8(2)14-7)16-3-5-17(6-4-16)11(13)18/h3-6H2,1-2H3,(H2,13,18). The molecule has 6 nitrogen and oxygen atoms in total. The second-order valence-electron chi connectivity index (χ2n) is 4.31. The highest BCUT2D eigenvalue weighted by Gasteiger charge is 2.22. The van der Waals surface area contributed by atoms with Gasteiger partial charge < -0.3 is 15.5 Å². The van der Waals surface area contributed by atoms with E-state index >= 15 is 0 Å². The number of hydrogen-bond donors (Lipinski definition) is 1. The molecular formula is C11H16BrN5O. The van der Waals surface area contributed by atoms with Crippen molar-refractivity contribution in [3.63, 3.8) is 0 Å². The molecule has 0 unspecified atom stereocenters. The molecule has 0 radical (unpaired) electrons. The predicted molar refractivity (Wildman–Crippen MR) is 72.6 cm³/mol. The first-order valence-electron chi connectivity index (χ1n) is 5.79. The van der Waals surface area contributed by atoms with E-state index in [4.69, 9.17) is 5.73 Å². The van der Waals surface area contributed by atoms with Gasteiger partial charge in [0.05, 0.1) is 10.2 Å². The molecule has 2 N–H and O–H groups in total. The van der Waals surface area contributed by atoms with Gasteiger partial charge in [-0.3, -0.25) is 0 Å². The van der Waals surface area contributed by atoms with Gasteiger partial charge in [0.1, 0.15) is 11.6 Å². The molecule has 0 spiro atoms. The molecule has 18 heavy (non-hydrogen) atoms. The van der Waals surface area contributed by atoms with Crippen molar-refractivity contribution in [1.29, 1.82) is 0 Å². The van der Waals surface area contributed by atoms with Crippen molar-refractivity contribution in [1.82, 2.24) is 14.9 Å². The van der Waals surface area contributed by atoms with Crippen LogP contribution in [0.3, 0.4) is 0 Å². The van der Waals surface area contributed by atoms with E-state index in [-0.39, 0.29) is 6.03 Å². The van der Waals surface area contributed by atoms with Crippen LogP contribution in [0, 0.1) is 13.8 Å². The first-order chi connectivity index (χ1) is 8.49. The van der Waals surface area contributed by atoms with Gasteiger partial charge in [0, 0.05) is 26.2 Å². The van der Waals surface area contributed by atoms with Crippen molar-refractivity contribution in [2.75, 3.05) is 31.1 Å². The molecule has 98 valence electrons. The maximum atomic E-state index is 11.1. The summed E-state index contributed by atoms with van der Waals surface area (Å²) >= 11 is 3.52. The lowest BCUT2D eigenvalue weighted by Crippen LogP contribution is -2.50. The molecule has 0 aliphatic carbocycles. The number of hydrogen-bond acceptors (Lipinski definition) is 4. The number of halogens is 1. The zero-order chi connectivity index (χ0) is 13.3. The van der Waals surface area contributed by atoms with Gasteiger partial charge in [-0.25, -0.2) is 14.8 Å². The summed E-state index contributed by atoms with van der Waals surface area (Å²) in [7, 11) is 0. The van der Waals surface area contributed by atoms with Crippen LogP contribution in [-0.4, -0.2) is 47.1 Å². The Hall–Kier alpha value is -1.37. The number of primary amides is 1. The number of urea groups is 1. The van der Waals surface area contributed by atoms with E-state index in [1.54, 1.807) is 4.90 Å². The lowest BCUT2D eigenvalue weighted by atomic mass is 10.3. The van der Waals surface area contributed by atoms with Crippen molar-refractivity contribution in [3.05, 3.63) is 16.0 Å². The molecule has 1 aromatic heterocycles. The number of carbonyl (C=O) groups is 1. The minimum absolute atomic E-state index is 0.358. The Kier molecular flexibility index (Phi) is 3.70. The molecule has 1 aliphatic heterocycles. The van der Waals surface area contributed by atoms with Crippen molar-refractivity contribution < 1.29 is 4.79 Å². The summed E-state index contributed by atoms with van der Waals surface area (Å²) in [6, 6.07) is -0.358. The lowest BCUT2D eigenvalue weighted by Gasteiger charge is -2.35. The van der Waals surface area contributed by atoms with Crippen molar-refractivity contribution >= 4 is 27.8 Å². The fraction of sp³-hybridized carbons (Fsp3) is 0.545. The van der Waals surface area contributed by atoms with Crippen LogP contribution in [-0.2, 0) is 0 Å². The molecule has 1 aromatic rings. The Balaban J connectivity index is 2.17. The highest BCUT2D eigenvalue weighted by molar-refractivity contribution is 9.10. The number of amides is 2. The molecule has 1 saturated heterocycles. The van der Waals surface area contributed by atoms with E-state index in [9.17, 15) is 4.79 Å². The average Bonchev–Trinajstić information content (AvgIpc) is 2.34. The third-order valence-electron chi connectivity index (χ3n) is 3.00. The van der Waals surface area contributed by atoms with Crippen LogP contribution in [0.5, 0.6) is 0 Å². The van der Waals surface area contributed by atoms with Gasteiger partial charge >= 0.3 is 6.03 Å². The lowest BCUT2D eigenvalue weighted by molar-refractivity contribution is 0.204. The molecule has 0 atom stereocenters. The molecule has 0 aromatic carbocycles. The number of carbonyl (C=O) groups excluding carboxylic acids is 1. The normalized spacial score (nSPS) is 15.9. The number of aryl methyl sites for hydroxylation is 2. The third kappa shape index (κ3) is 2.55. The molecule has 2 rings (SSSR count). The van der Waals surface area contributed by atoms with Gasteiger partial charge in [-0.05, 0) is 29.8 Å². The van der Waals surface area contributed by atoms with Crippen LogP contribution in [0.25, 0.3) is 0 Å². The van der Waals surface area contributed by atoms with Crippen LogP contribution in [0.1, 0.15) is 11.5 Å². The number of aromatic nitrogens is 2. The second kappa shape index (κ2) is 5.09. The molecule has 2 heterocycles. The van der Waals surface area contributed by atoms with Gasteiger partial charge in [0.2, 0.25) is 0 Å². The second-order valence-corrected chi connectivity index (χ2v) is 5.10. The Morgan fingerprint density at radius 2 is 1.83 bits per heavy atom. The minimum Gasteiger partial charge on any atom is -0.352 e. The van der Waals surface area contributed by atoms with Gasteiger partial charge in [0.25, 0.3) is 0 Å². The first-order valence-corrected chi connectivity index (χ1v) is 6.58. The molecular weight excluding hydrogens is 298 g/mol. The Morgan fingerprint density at radius 1 is 1.22 bits per heavy atom. The predicted octanol–water partition coefficient (Wildman–Crippen LogP) is 1.06. The molecule has 1 aliphatic rings. The van der Waals surface area contributed by atoms with Gasteiger partial charge in [-0.1, -0.05) is 0 Å². The maximum absolute atomic E-state index is 11.1. The molecule has 2 amide bonds. The van der Waals surface area contributed by atoms with E-state index in [2.05, 4.69) is 30.8 Å². The molecule has 0 saturated carbocycles. The monoisotopic (exact) mass is 313 g/mol. The SMILES string of the molecule is Cc1nc(C)c(Br)c(N2CCN(C(N)=O)CC2)n1. The summed E-state index contributed by atoms with van der Waals surface area (Å²) in [4.78, 5) is 23.6. The molecule has 0 bridgehead atoms. The van der Waals surface area contributed by atoms with E-state index < -0.39 is 0 Å². The largest absolute Gasteiger partial charge is 0.352 e. The number of rotatable bonds is 1. The molecule has 1 fully saturated rings. The zero-order valence-corrected chi connectivity index (χ0v) is 12.1.